The van der Waals surface area contributed by atoms with Crippen molar-refractivity contribution < 1.29 is 28.1 Å². The van der Waals surface area contributed by atoms with Gasteiger partial charge in [0.05, 0.1) is 42.5 Å². The number of carbonyl (C=O) groups excluding carboxylic acids is 1. The highest BCUT2D eigenvalue weighted by Crippen LogP contribution is 2.71. The van der Waals surface area contributed by atoms with Crippen LogP contribution >= 0.6 is 10.6 Å². The van der Waals surface area contributed by atoms with Gasteiger partial charge in [0.1, 0.15) is 16.4 Å². The highest BCUT2D eigenvalue weighted by atomic mass is 32.3. The molecule has 12 heteroatoms. The summed E-state index contributed by atoms with van der Waals surface area (Å²) in [5, 5.41) is 14.5. The first-order valence-electron chi connectivity index (χ1n) is 13.7. The van der Waals surface area contributed by atoms with Gasteiger partial charge >= 0.3 is 6.03 Å². The Morgan fingerprint density at radius 2 is 1.88 bits per heavy atom. The molecule has 2 atom stereocenters. The number of carbonyl (C=O) groups is 1. The summed E-state index contributed by atoms with van der Waals surface area (Å²) in [6.07, 6.45) is 1.84. The highest BCUT2D eigenvalue weighted by Gasteiger charge is 2.52. The van der Waals surface area contributed by atoms with E-state index in [9.17, 15) is 18.3 Å². The number of rotatable bonds is 8. The topological polar surface area (TPSA) is 140 Å². The van der Waals surface area contributed by atoms with Crippen LogP contribution in [-0.4, -0.2) is 68.7 Å². The lowest BCUT2D eigenvalue weighted by atomic mass is 9.81. The van der Waals surface area contributed by atoms with E-state index in [4.69, 9.17) is 19.8 Å². The monoisotopic (exact) mass is 585 g/mol. The van der Waals surface area contributed by atoms with E-state index in [0.717, 1.165) is 6.42 Å². The Kier molecular flexibility index (Phi) is 8.48. The second kappa shape index (κ2) is 11.9. The first kappa shape index (κ1) is 29.2. The largest absolute Gasteiger partial charge is 0.394 e. The summed E-state index contributed by atoms with van der Waals surface area (Å²) in [7, 11) is -3.40. The van der Waals surface area contributed by atoms with E-state index < -0.39 is 27.2 Å². The Bertz CT molecular complexity index is 1370. The number of hydrogen-bond donors (Lipinski definition) is 5. The molecule has 0 spiro atoms. The third-order valence-corrected chi connectivity index (χ3v) is 10.4. The number of aromatic nitrogens is 2. The van der Waals surface area contributed by atoms with E-state index in [1.54, 1.807) is 31.2 Å². The normalized spacial score (nSPS) is 19.7. The molecule has 1 aliphatic carbocycles. The maximum Gasteiger partial charge on any atom is 0.319 e. The zero-order chi connectivity index (χ0) is 29.2. The molecule has 2 fully saturated rings. The summed E-state index contributed by atoms with van der Waals surface area (Å²) in [6.45, 7) is 5.29. The van der Waals surface area contributed by atoms with Gasteiger partial charge in [0.2, 0.25) is 0 Å². The van der Waals surface area contributed by atoms with Gasteiger partial charge in [0, 0.05) is 23.9 Å². The first-order valence-corrected chi connectivity index (χ1v) is 15.2. The lowest BCUT2D eigenvalue weighted by Gasteiger charge is -2.55. The third kappa shape index (κ3) is 5.88. The van der Waals surface area contributed by atoms with Crippen LogP contribution in [-0.2, 0) is 9.48 Å². The molecule has 0 radical (unpaired) electrons. The van der Waals surface area contributed by atoms with Gasteiger partial charge in [-0.15, -0.1) is 0 Å². The van der Waals surface area contributed by atoms with Crippen molar-refractivity contribution in [2.45, 2.75) is 54.8 Å². The van der Waals surface area contributed by atoms with Crippen LogP contribution in [0.3, 0.4) is 0 Å². The molecule has 41 heavy (non-hydrogen) atoms. The number of ether oxygens (including phenoxy) is 1. The van der Waals surface area contributed by atoms with Crippen LogP contribution in [0, 0.1) is 5.82 Å². The summed E-state index contributed by atoms with van der Waals surface area (Å²) in [4.78, 5) is 24.4. The molecule has 1 saturated heterocycles. The maximum absolute atomic E-state index is 13.7. The Morgan fingerprint density at radius 3 is 2.49 bits per heavy atom. The molecule has 10 nitrogen and oxygen atoms in total. The van der Waals surface area contributed by atoms with Crippen LogP contribution in [0.25, 0.3) is 11.4 Å². The molecule has 5 N–H and O–H groups in total. The van der Waals surface area contributed by atoms with E-state index in [2.05, 4.69) is 22.5 Å². The minimum atomic E-state index is -3.40. The number of anilines is 2. The van der Waals surface area contributed by atoms with Crippen molar-refractivity contribution in [1.29, 1.82) is 0 Å². The van der Waals surface area contributed by atoms with Gasteiger partial charge < -0.3 is 25.4 Å². The van der Waals surface area contributed by atoms with E-state index in [-0.39, 0.29) is 23.6 Å². The quantitative estimate of drug-likeness (QED) is 0.243. The summed E-state index contributed by atoms with van der Waals surface area (Å²) in [6, 6.07) is 13.5. The fourth-order valence-electron chi connectivity index (χ4n) is 5.19. The van der Waals surface area contributed by atoms with Crippen molar-refractivity contribution in [1.82, 2.24) is 15.3 Å². The number of urea groups is 1. The zero-order valence-electron chi connectivity index (χ0n) is 23.1. The van der Waals surface area contributed by atoms with Gasteiger partial charge in [0.15, 0.2) is 5.82 Å². The Balaban J connectivity index is 1.53. The predicted molar refractivity (Wildman–Crippen MR) is 157 cm³/mol. The second-order valence-corrected chi connectivity index (χ2v) is 13.0. The zero-order valence-corrected chi connectivity index (χ0v) is 23.9. The average Bonchev–Trinajstić information content (AvgIpc) is 2.93. The molecule has 2 aliphatic rings. The lowest BCUT2D eigenvalue weighted by molar-refractivity contribution is 0.0985. The van der Waals surface area contributed by atoms with Crippen molar-refractivity contribution in [3.8, 4) is 11.4 Å². The van der Waals surface area contributed by atoms with Crippen LogP contribution in [0.4, 0.5) is 20.7 Å². The Hall–Kier alpha value is -3.29. The van der Waals surface area contributed by atoms with Crippen molar-refractivity contribution in [2.24, 2.45) is 0 Å². The molecule has 3 aromatic rings. The number of benzene rings is 2. The fraction of sp³-hybridized carbons (Fsp3) is 0.414. The van der Waals surface area contributed by atoms with Gasteiger partial charge in [-0.1, -0.05) is 0 Å². The van der Waals surface area contributed by atoms with Crippen molar-refractivity contribution >= 4 is 28.1 Å². The number of amides is 2. The maximum atomic E-state index is 13.7. The predicted octanol–water partition coefficient (Wildman–Crippen LogP) is 5.20. The summed E-state index contributed by atoms with van der Waals surface area (Å²) < 4.78 is 41.6. The molecule has 0 bridgehead atoms. The number of hydrogen-bond acceptors (Lipinski definition) is 8. The lowest BCUT2D eigenvalue weighted by Crippen LogP contribution is -2.45. The molecule has 2 heterocycles. The SMILES string of the molecule is C[C@H](CO)NC(=O)Nc1ccc(-c2nc(N3CCOC[C@@H]3C)cc(C3(S(O)(O)c4ccc(F)cc4)CCC3)n2)cc1. The van der Waals surface area contributed by atoms with Gasteiger partial charge in [-0.25, -0.2) is 19.2 Å². The number of aliphatic hydroxyl groups is 1. The van der Waals surface area contributed by atoms with Crippen molar-refractivity contribution in [2.75, 3.05) is 36.6 Å². The van der Waals surface area contributed by atoms with E-state index in [1.807, 2.05) is 6.07 Å². The molecule has 0 unspecified atom stereocenters. The van der Waals surface area contributed by atoms with Crippen LogP contribution in [0.1, 0.15) is 38.8 Å². The third-order valence-electron chi connectivity index (χ3n) is 7.74. The summed E-state index contributed by atoms with van der Waals surface area (Å²) in [5.41, 5.74) is 1.78. The highest BCUT2D eigenvalue weighted by molar-refractivity contribution is 8.25. The smallest absolute Gasteiger partial charge is 0.319 e. The van der Waals surface area contributed by atoms with Gasteiger partial charge in [-0.05, 0) is 81.6 Å². The second-order valence-electron chi connectivity index (χ2n) is 10.7. The average molecular weight is 586 g/mol. The summed E-state index contributed by atoms with van der Waals surface area (Å²) >= 11 is 0. The van der Waals surface area contributed by atoms with Crippen molar-refractivity contribution in [3.05, 3.63) is 66.1 Å². The number of nitrogens with one attached hydrogen (secondary N) is 2. The van der Waals surface area contributed by atoms with Crippen molar-refractivity contribution in [3.63, 3.8) is 0 Å². The summed E-state index contributed by atoms with van der Waals surface area (Å²) in [5.74, 6) is 0.639. The molecule has 2 amide bonds. The van der Waals surface area contributed by atoms with Gasteiger partial charge in [0.25, 0.3) is 0 Å². The molecule has 1 aliphatic heterocycles. The molecule has 5 rings (SSSR count). The van der Waals surface area contributed by atoms with E-state index in [1.165, 1.54) is 24.3 Å². The van der Waals surface area contributed by atoms with E-state index >= 15 is 0 Å². The molecular formula is C29H36FN5O5S. The Labute approximate surface area is 240 Å². The van der Waals surface area contributed by atoms with Gasteiger partial charge in [-0.3, -0.25) is 9.11 Å². The van der Waals surface area contributed by atoms with E-state index in [0.29, 0.717) is 61.2 Å². The van der Waals surface area contributed by atoms with Crippen LogP contribution in [0.2, 0.25) is 0 Å². The molecule has 220 valence electrons. The fourth-order valence-corrected chi connectivity index (χ4v) is 7.41. The molecule has 1 aromatic heterocycles. The molecular weight excluding hydrogens is 549 g/mol. The first-order chi connectivity index (χ1) is 19.6. The Morgan fingerprint density at radius 1 is 1.17 bits per heavy atom. The molecule has 1 saturated carbocycles. The van der Waals surface area contributed by atoms with Crippen LogP contribution < -0.4 is 15.5 Å². The van der Waals surface area contributed by atoms with Gasteiger partial charge in [-0.2, -0.15) is 10.6 Å². The number of nitrogens with zero attached hydrogens (tertiary/aromatic N) is 3. The number of morpholine rings is 1. The van der Waals surface area contributed by atoms with Crippen LogP contribution in [0.5, 0.6) is 0 Å². The number of aliphatic hydroxyl groups excluding tert-OH is 1. The van der Waals surface area contributed by atoms with Crippen LogP contribution in [0.15, 0.2) is 59.5 Å². The standard InChI is InChI=1S/C29H36FN5O5S/c1-19(17-36)31-28(37)32-23-8-4-21(5-9-23)27-33-25(16-26(34-27)35-14-15-40-18-20(35)2)29(12-3-13-29)41(38,39)24-10-6-22(30)7-11-24/h4-11,16,19-20,36,38-39H,3,12-15,17-18H2,1-2H3,(H2,31,32,37)/t19-,20+/m1/s1. The molecule has 2 aromatic carbocycles. The minimum absolute atomic E-state index is 0.0561. The number of halogens is 1. The minimum Gasteiger partial charge on any atom is -0.394 e.